The molecule has 0 amide bonds. The molecule has 0 spiro atoms. The molecule has 3 N–H and O–H groups in total. The molecule has 0 aliphatic carbocycles. The zero-order chi connectivity index (χ0) is 14.8. The fraction of sp³-hybridized carbons (Fsp3) is 0.364. The van der Waals surface area contributed by atoms with Gasteiger partial charge in [-0.2, -0.15) is 19.1 Å². The van der Waals surface area contributed by atoms with Crippen molar-refractivity contribution in [3.05, 3.63) is 23.8 Å². The number of aromatic nitrogens is 2. The number of allylic oxidation sites excluding steroid dienone is 1. The lowest BCUT2D eigenvalue weighted by Crippen LogP contribution is -2.52. The largest absolute Gasteiger partial charge is 0.375 e. The Balaban J connectivity index is 2.26. The lowest BCUT2D eigenvalue weighted by molar-refractivity contribution is 0.0563. The molecule has 1 aromatic rings. The highest BCUT2D eigenvalue weighted by molar-refractivity contribution is 5.74. The van der Waals surface area contributed by atoms with Gasteiger partial charge in [0.05, 0.1) is 17.6 Å². The third-order valence-electron chi connectivity index (χ3n) is 2.69. The van der Waals surface area contributed by atoms with E-state index < -0.39 is 12.3 Å². The number of nitrogens with one attached hydrogen (secondary N) is 3. The molecule has 9 heteroatoms. The molecule has 0 aromatic carbocycles. The number of hydrogen-bond donors (Lipinski definition) is 3. The van der Waals surface area contributed by atoms with Crippen molar-refractivity contribution in [1.82, 2.24) is 20.4 Å². The minimum absolute atomic E-state index is 0.300. The molecule has 20 heavy (non-hydrogen) atoms. The van der Waals surface area contributed by atoms with Crippen LogP contribution in [0, 0.1) is 18.3 Å². The van der Waals surface area contributed by atoms with Gasteiger partial charge in [0, 0.05) is 13.3 Å². The summed E-state index contributed by atoms with van der Waals surface area (Å²) in [6.07, 6.45) is 4.23. The van der Waals surface area contributed by atoms with Crippen molar-refractivity contribution in [2.45, 2.75) is 19.3 Å². The third kappa shape index (κ3) is 2.54. The van der Waals surface area contributed by atoms with Gasteiger partial charge in [0.15, 0.2) is 0 Å². The van der Waals surface area contributed by atoms with E-state index in [9.17, 15) is 14.0 Å². The van der Waals surface area contributed by atoms with Crippen LogP contribution in [0.2, 0.25) is 0 Å². The maximum atomic E-state index is 12.6. The number of anilines is 1. The quantitative estimate of drug-likeness (QED) is 0.763. The van der Waals surface area contributed by atoms with Crippen molar-refractivity contribution >= 4 is 11.9 Å². The molecule has 1 aliphatic heterocycles. The van der Waals surface area contributed by atoms with E-state index in [2.05, 4.69) is 26.0 Å². The van der Waals surface area contributed by atoms with Gasteiger partial charge >= 0.3 is 6.55 Å². The first-order chi connectivity index (χ1) is 9.49. The van der Waals surface area contributed by atoms with Gasteiger partial charge < -0.3 is 16.0 Å². The van der Waals surface area contributed by atoms with Crippen LogP contribution in [0.15, 0.2) is 23.1 Å². The average Bonchev–Trinajstić information content (AvgIpc) is 2.80. The van der Waals surface area contributed by atoms with Crippen LogP contribution in [0.5, 0.6) is 0 Å². The maximum absolute atomic E-state index is 12.6. The Kier molecular flexibility index (Phi) is 3.56. The summed E-state index contributed by atoms with van der Waals surface area (Å²) in [6.45, 7) is -1.17. The lowest BCUT2D eigenvalue weighted by atomic mass is 10.3. The highest BCUT2D eigenvalue weighted by Crippen LogP contribution is 2.22. The fourth-order valence-electron chi connectivity index (χ4n) is 1.69. The zero-order valence-electron chi connectivity index (χ0n) is 10.9. The Morgan fingerprint density at radius 3 is 2.85 bits per heavy atom. The third-order valence-corrected chi connectivity index (χ3v) is 2.69. The molecule has 1 aromatic heterocycles. The number of rotatable bonds is 4. The molecule has 1 atom stereocenters. The van der Waals surface area contributed by atoms with Crippen LogP contribution >= 0.6 is 0 Å². The van der Waals surface area contributed by atoms with Crippen molar-refractivity contribution in [1.29, 1.82) is 5.26 Å². The number of aryl methyl sites for hydroxylation is 1. The predicted molar refractivity (Wildman–Crippen MR) is 69.0 cm³/mol. The summed E-state index contributed by atoms with van der Waals surface area (Å²) < 4.78 is 25.7. The van der Waals surface area contributed by atoms with E-state index in [1.165, 1.54) is 6.21 Å². The molecule has 106 valence electrons. The maximum Gasteiger partial charge on any atom is 0.333 e. The number of hydrogen-bond acceptors (Lipinski definition) is 6. The molecule has 0 saturated heterocycles. The van der Waals surface area contributed by atoms with Crippen LogP contribution in [0.25, 0.3) is 0 Å². The summed E-state index contributed by atoms with van der Waals surface area (Å²) in [5.74, 6) is -0.888. The Morgan fingerprint density at radius 2 is 2.30 bits per heavy atom. The molecule has 7 nitrogen and oxygen atoms in total. The molecule has 0 radical (unpaired) electrons. The molecule has 2 rings (SSSR count). The number of alkyl halides is 2. The second-order valence-corrected chi connectivity index (χ2v) is 4.07. The topological polar surface area (TPSA) is 90.1 Å². The molecule has 0 fully saturated rings. The molecular formula is C11H13F2N7. The number of nitriles is 1. The van der Waals surface area contributed by atoms with Gasteiger partial charge in [-0.25, -0.2) is 9.67 Å². The first-order valence-electron chi connectivity index (χ1n) is 5.74. The minimum Gasteiger partial charge on any atom is -0.375 e. The number of aliphatic imine (C=N–C) groups is 1. The van der Waals surface area contributed by atoms with E-state index in [0.29, 0.717) is 21.9 Å². The minimum atomic E-state index is -2.74. The monoisotopic (exact) mass is 281 g/mol. The second-order valence-electron chi connectivity index (χ2n) is 4.07. The standard InChI is InChI=1S/C11H13F2N7/c1-7-8(5-20(19-7)10(12)13)17-11(6-14)16-4-3-9(15-2)18-11/h3-5,10,15,17-18H,1-2H3. The van der Waals surface area contributed by atoms with Crippen LogP contribution in [0.3, 0.4) is 0 Å². The second kappa shape index (κ2) is 5.16. The fourth-order valence-corrected chi connectivity index (χ4v) is 1.69. The van der Waals surface area contributed by atoms with E-state index in [-0.39, 0.29) is 0 Å². The van der Waals surface area contributed by atoms with Crippen molar-refractivity contribution in [3.63, 3.8) is 0 Å². The summed E-state index contributed by atoms with van der Waals surface area (Å²) in [5.41, 5.74) is 0.645. The van der Waals surface area contributed by atoms with Crippen molar-refractivity contribution in [2.24, 2.45) is 4.99 Å². The smallest absolute Gasteiger partial charge is 0.333 e. The van der Waals surface area contributed by atoms with Gasteiger partial charge in [-0.1, -0.05) is 0 Å². The Labute approximate surface area is 114 Å². The molecule has 0 bridgehead atoms. The first-order valence-corrected chi connectivity index (χ1v) is 5.74. The van der Waals surface area contributed by atoms with E-state index in [4.69, 9.17) is 0 Å². The molecule has 0 saturated carbocycles. The average molecular weight is 281 g/mol. The predicted octanol–water partition coefficient (Wildman–Crippen LogP) is 0.911. The van der Waals surface area contributed by atoms with Gasteiger partial charge in [0.25, 0.3) is 5.79 Å². The van der Waals surface area contributed by atoms with Crippen LogP contribution < -0.4 is 16.0 Å². The first kappa shape index (κ1) is 13.8. The summed E-state index contributed by atoms with van der Waals surface area (Å²) >= 11 is 0. The van der Waals surface area contributed by atoms with E-state index in [0.717, 1.165) is 6.20 Å². The lowest BCUT2D eigenvalue weighted by Gasteiger charge is -2.29. The van der Waals surface area contributed by atoms with Crippen LogP contribution in [0.4, 0.5) is 14.5 Å². The summed E-state index contributed by atoms with van der Waals surface area (Å²) in [6, 6.07) is 1.97. The van der Waals surface area contributed by atoms with Crippen molar-refractivity contribution in [2.75, 3.05) is 12.4 Å². The summed E-state index contributed by atoms with van der Waals surface area (Å²) in [4.78, 5) is 4.02. The zero-order valence-corrected chi connectivity index (χ0v) is 10.9. The molecular weight excluding hydrogens is 268 g/mol. The van der Waals surface area contributed by atoms with Crippen molar-refractivity contribution in [3.8, 4) is 6.07 Å². The van der Waals surface area contributed by atoms with Gasteiger partial charge in [-0.3, -0.25) is 0 Å². The van der Waals surface area contributed by atoms with E-state index in [1.54, 1.807) is 20.0 Å². The van der Waals surface area contributed by atoms with Gasteiger partial charge in [0.2, 0.25) is 0 Å². The normalized spacial score (nSPS) is 21.1. The Hall–Kier alpha value is -2.63. The SMILES string of the molecule is CNC1=CC=NC(C#N)(Nc2cn(C(F)F)nc2C)N1. The Morgan fingerprint density at radius 1 is 1.55 bits per heavy atom. The summed E-state index contributed by atoms with van der Waals surface area (Å²) in [7, 11) is 1.68. The number of nitrogens with zero attached hydrogens (tertiary/aromatic N) is 4. The van der Waals surface area contributed by atoms with Crippen LogP contribution in [-0.4, -0.2) is 28.8 Å². The van der Waals surface area contributed by atoms with E-state index in [1.807, 2.05) is 6.07 Å². The van der Waals surface area contributed by atoms with Gasteiger partial charge in [-0.15, -0.1) is 0 Å². The molecule has 1 unspecified atom stereocenters. The van der Waals surface area contributed by atoms with Crippen molar-refractivity contribution < 1.29 is 8.78 Å². The van der Waals surface area contributed by atoms with E-state index >= 15 is 0 Å². The van der Waals surface area contributed by atoms with Gasteiger partial charge in [0.1, 0.15) is 11.9 Å². The Bertz CT molecular complexity index is 598. The van der Waals surface area contributed by atoms with Gasteiger partial charge in [-0.05, 0) is 13.0 Å². The molecule has 1 aliphatic rings. The number of halogens is 2. The van der Waals surface area contributed by atoms with Crippen LogP contribution in [0.1, 0.15) is 12.2 Å². The highest BCUT2D eigenvalue weighted by Gasteiger charge is 2.32. The molecule has 2 heterocycles. The highest BCUT2D eigenvalue weighted by atomic mass is 19.3. The summed E-state index contributed by atoms with van der Waals surface area (Å²) in [5, 5.41) is 21.4. The van der Waals surface area contributed by atoms with Crippen LogP contribution in [-0.2, 0) is 0 Å².